The van der Waals surface area contributed by atoms with E-state index < -0.39 is 0 Å². The van der Waals surface area contributed by atoms with Crippen molar-refractivity contribution in [3.63, 3.8) is 0 Å². The van der Waals surface area contributed by atoms with Crippen LogP contribution in [0.2, 0.25) is 0 Å². The molecule has 1 saturated heterocycles. The van der Waals surface area contributed by atoms with E-state index in [9.17, 15) is 4.79 Å². The van der Waals surface area contributed by atoms with Gasteiger partial charge in [0.25, 0.3) is 5.91 Å². The van der Waals surface area contributed by atoms with E-state index in [-0.39, 0.29) is 11.9 Å². The Morgan fingerprint density at radius 2 is 2.47 bits per heavy atom. The van der Waals surface area contributed by atoms with Crippen LogP contribution in [0.5, 0.6) is 0 Å². The quantitative estimate of drug-likeness (QED) is 0.773. The molecule has 88 valence electrons. The fourth-order valence-electron chi connectivity index (χ4n) is 2.11. The normalized spacial score (nSPS) is 19.8. The molecule has 6 nitrogen and oxygen atoms in total. The molecule has 1 fully saturated rings. The third kappa shape index (κ3) is 1.82. The Balaban J connectivity index is 1.70. The van der Waals surface area contributed by atoms with Crippen LogP contribution in [0.3, 0.4) is 0 Å². The molecule has 0 bridgehead atoms. The van der Waals surface area contributed by atoms with E-state index in [1.807, 2.05) is 6.20 Å². The second-order valence-corrected chi connectivity index (χ2v) is 4.05. The second kappa shape index (κ2) is 4.04. The van der Waals surface area contributed by atoms with Crippen LogP contribution in [-0.2, 0) is 0 Å². The Morgan fingerprint density at radius 1 is 1.53 bits per heavy atom. The van der Waals surface area contributed by atoms with Gasteiger partial charge in [-0.3, -0.25) is 4.79 Å². The van der Waals surface area contributed by atoms with Crippen LogP contribution in [0, 0.1) is 0 Å². The zero-order valence-corrected chi connectivity index (χ0v) is 9.19. The number of likely N-dealkylation sites (tertiary alicyclic amines) is 1. The summed E-state index contributed by atoms with van der Waals surface area (Å²) in [5.74, 6) is 0.335. The topological polar surface area (TPSA) is 64.2 Å². The minimum atomic E-state index is -0.0578. The fraction of sp³-hybridized carbons (Fsp3) is 0.364. The number of nitrogens with zero attached hydrogens (tertiary/aromatic N) is 4. The van der Waals surface area contributed by atoms with Gasteiger partial charge in [-0.25, -0.2) is 4.68 Å². The van der Waals surface area contributed by atoms with E-state index in [1.54, 1.807) is 27.9 Å². The predicted octanol–water partition coefficient (Wildman–Crippen LogP) is 0.958. The number of amides is 1. The van der Waals surface area contributed by atoms with Crippen LogP contribution in [0.25, 0.3) is 0 Å². The highest BCUT2D eigenvalue weighted by Gasteiger charge is 2.29. The van der Waals surface area contributed by atoms with E-state index in [1.165, 1.54) is 6.26 Å². The van der Waals surface area contributed by atoms with E-state index in [4.69, 9.17) is 4.42 Å². The molecular formula is C11H12N4O2. The minimum absolute atomic E-state index is 0.0578. The van der Waals surface area contributed by atoms with Crippen LogP contribution >= 0.6 is 0 Å². The first-order chi connectivity index (χ1) is 8.34. The molecule has 1 amide bonds. The van der Waals surface area contributed by atoms with Crippen LogP contribution in [0.15, 0.2) is 35.2 Å². The number of carbonyl (C=O) groups is 1. The lowest BCUT2D eigenvalue weighted by atomic mass is 10.3. The number of hydrogen-bond acceptors (Lipinski definition) is 4. The van der Waals surface area contributed by atoms with Crippen molar-refractivity contribution in [1.82, 2.24) is 19.9 Å². The second-order valence-electron chi connectivity index (χ2n) is 4.05. The molecule has 0 spiro atoms. The highest BCUT2D eigenvalue weighted by atomic mass is 16.3. The summed E-state index contributed by atoms with van der Waals surface area (Å²) in [4.78, 5) is 13.8. The largest absolute Gasteiger partial charge is 0.459 e. The lowest BCUT2D eigenvalue weighted by molar-refractivity contribution is 0.0755. The summed E-state index contributed by atoms with van der Waals surface area (Å²) in [5, 5.41) is 7.74. The number of hydrogen-bond donors (Lipinski definition) is 0. The van der Waals surface area contributed by atoms with Crippen molar-refractivity contribution >= 4 is 5.91 Å². The first-order valence-corrected chi connectivity index (χ1v) is 5.53. The number of aromatic nitrogens is 3. The number of furan rings is 1. The summed E-state index contributed by atoms with van der Waals surface area (Å²) in [7, 11) is 0. The molecule has 0 N–H and O–H groups in total. The highest BCUT2D eigenvalue weighted by molar-refractivity contribution is 5.91. The van der Waals surface area contributed by atoms with E-state index in [2.05, 4.69) is 10.3 Å². The molecular weight excluding hydrogens is 220 g/mol. The smallest absolute Gasteiger partial charge is 0.289 e. The molecule has 0 radical (unpaired) electrons. The van der Waals surface area contributed by atoms with E-state index >= 15 is 0 Å². The zero-order chi connectivity index (χ0) is 11.7. The van der Waals surface area contributed by atoms with Gasteiger partial charge in [-0.1, -0.05) is 5.21 Å². The molecule has 1 aliphatic heterocycles. The maximum absolute atomic E-state index is 12.0. The van der Waals surface area contributed by atoms with Crippen LogP contribution < -0.4 is 0 Å². The summed E-state index contributed by atoms with van der Waals surface area (Å²) in [6, 6.07) is 3.62. The van der Waals surface area contributed by atoms with E-state index in [0.29, 0.717) is 12.3 Å². The Bertz CT molecular complexity index is 492. The van der Waals surface area contributed by atoms with Crippen LogP contribution in [0.1, 0.15) is 23.0 Å². The fourth-order valence-corrected chi connectivity index (χ4v) is 2.11. The molecule has 2 aromatic rings. The highest BCUT2D eigenvalue weighted by Crippen LogP contribution is 2.22. The van der Waals surface area contributed by atoms with Crippen molar-refractivity contribution in [3.8, 4) is 0 Å². The third-order valence-electron chi connectivity index (χ3n) is 3.00. The Morgan fingerprint density at radius 3 is 3.18 bits per heavy atom. The maximum Gasteiger partial charge on any atom is 0.289 e. The van der Waals surface area contributed by atoms with Crippen molar-refractivity contribution in [2.24, 2.45) is 0 Å². The molecule has 1 aliphatic rings. The molecule has 1 atom stereocenters. The summed E-state index contributed by atoms with van der Waals surface area (Å²) in [6.07, 6.45) is 5.89. The van der Waals surface area contributed by atoms with Crippen LogP contribution in [0.4, 0.5) is 0 Å². The summed E-state index contributed by atoms with van der Waals surface area (Å²) in [6.45, 7) is 1.38. The van der Waals surface area contributed by atoms with Crippen molar-refractivity contribution < 1.29 is 9.21 Å². The van der Waals surface area contributed by atoms with Crippen molar-refractivity contribution in [3.05, 3.63) is 36.5 Å². The molecule has 3 heterocycles. The molecule has 0 unspecified atom stereocenters. The van der Waals surface area contributed by atoms with Gasteiger partial charge in [0.2, 0.25) is 0 Å². The standard InChI is InChI=1S/C11H12N4O2/c16-11(10-2-1-7-17-10)14-5-3-9(8-14)15-6-4-12-13-15/h1-2,4,6-7,9H,3,5,8H2/t9-/m1/s1. The van der Waals surface area contributed by atoms with Crippen molar-refractivity contribution in [2.75, 3.05) is 13.1 Å². The minimum Gasteiger partial charge on any atom is -0.459 e. The predicted molar refractivity (Wildman–Crippen MR) is 58.3 cm³/mol. The molecule has 2 aromatic heterocycles. The summed E-state index contributed by atoms with van der Waals surface area (Å²) >= 11 is 0. The molecule has 0 saturated carbocycles. The van der Waals surface area contributed by atoms with Gasteiger partial charge in [0.1, 0.15) is 0 Å². The molecule has 17 heavy (non-hydrogen) atoms. The zero-order valence-electron chi connectivity index (χ0n) is 9.19. The molecule has 0 aromatic carbocycles. The Labute approximate surface area is 97.8 Å². The SMILES string of the molecule is O=C(c1ccco1)N1CC[C@@H](n2ccnn2)C1. The molecule has 3 rings (SSSR count). The average Bonchev–Trinajstić information content (AvgIpc) is 3.09. The summed E-state index contributed by atoms with van der Waals surface area (Å²) < 4.78 is 6.91. The first-order valence-electron chi connectivity index (χ1n) is 5.53. The van der Waals surface area contributed by atoms with Crippen molar-refractivity contribution in [1.29, 1.82) is 0 Å². The first kappa shape index (κ1) is 10.1. The number of rotatable bonds is 2. The van der Waals surface area contributed by atoms with Crippen LogP contribution in [-0.4, -0.2) is 38.9 Å². The lowest BCUT2D eigenvalue weighted by Gasteiger charge is -2.14. The third-order valence-corrected chi connectivity index (χ3v) is 3.00. The Kier molecular flexibility index (Phi) is 2.40. The monoisotopic (exact) mass is 232 g/mol. The van der Waals surface area contributed by atoms with Gasteiger partial charge in [-0.05, 0) is 18.6 Å². The van der Waals surface area contributed by atoms with Gasteiger partial charge in [0.15, 0.2) is 5.76 Å². The van der Waals surface area contributed by atoms with Gasteiger partial charge >= 0.3 is 0 Å². The lowest BCUT2D eigenvalue weighted by Crippen LogP contribution is -2.28. The number of carbonyl (C=O) groups excluding carboxylic acids is 1. The maximum atomic E-state index is 12.0. The van der Waals surface area contributed by atoms with Crippen molar-refractivity contribution in [2.45, 2.75) is 12.5 Å². The van der Waals surface area contributed by atoms with E-state index in [0.717, 1.165) is 13.0 Å². The van der Waals surface area contributed by atoms with Gasteiger partial charge in [0, 0.05) is 19.3 Å². The summed E-state index contributed by atoms with van der Waals surface area (Å²) in [5.41, 5.74) is 0. The van der Waals surface area contributed by atoms with Gasteiger partial charge in [0.05, 0.1) is 18.5 Å². The average molecular weight is 232 g/mol. The van der Waals surface area contributed by atoms with Gasteiger partial charge in [-0.15, -0.1) is 5.10 Å². The van der Waals surface area contributed by atoms with Gasteiger partial charge in [-0.2, -0.15) is 0 Å². The molecule has 6 heteroatoms. The molecule has 0 aliphatic carbocycles. The van der Waals surface area contributed by atoms with Gasteiger partial charge < -0.3 is 9.32 Å². The Hall–Kier alpha value is -2.11.